The highest BCUT2D eigenvalue weighted by Crippen LogP contribution is 2.38. The maximum absolute atomic E-state index is 13.5. The van der Waals surface area contributed by atoms with Crippen molar-refractivity contribution >= 4 is 17.5 Å². The van der Waals surface area contributed by atoms with E-state index in [1.165, 1.54) is 29.9 Å². The smallest absolute Gasteiger partial charge is 0.366 e. The van der Waals surface area contributed by atoms with Gasteiger partial charge in [-0.1, -0.05) is 6.07 Å². The normalized spacial score (nSPS) is 21.8. The topological polar surface area (TPSA) is 61.7 Å². The van der Waals surface area contributed by atoms with Gasteiger partial charge in [0.2, 0.25) is 0 Å². The van der Waals surface area contributed by atoms with Gasteiger partial charge in [-0.25, -0.2) is 4.79 Å². The number of ketones is 1. The van der Waals surface area contributed by atoms with Gasteiger partial charge in [0.1, 0.15) is 5.69 Å². The van der Waals surface area contributed by atoms with Crippen molar-refractivity contribution in [3.05, 3.63) is 47.3 Å². The van der Waals surface area contributed by atoms with E-state index < -0.39 is 11.7 Å². The summed E-state index contributed by atoms with van der Waals surface area (Å²) in [5.74, 6) is -0.203. The molecule has 7 nitrogen and oxygen atoms in total. The van der Waals surface area contributed by atoms with Gasteiger partial charge >= 0.3 is 12.2 Å². The van der Waals surface area contributed by atoms with Crippen LogP contribution in [0.2, 0.25) is 0 Å². The van der Waals surface area contributed by atoms with E-state index >= 15 is 0 Å². The lowest BCUT2D eigenvalue weighted by molar-refractivity contribution is -0.137. The van der Waals surface area contributed by atoms with Crippen LogP contribution in [0.5, 0.6) is 0 Å². The molecule has 0 aliphatic carbocycles. The van der Waals surface area contributed by atoms with E-state index in [4.69, 9.17) is 0 Å². The molecular formula is C24H30F3N5O2. The number of halogens is 3. The molecular weight excluding hydrogens is 447 g/mol. The number of Topliss-reactive ketones (excluding diaryl/α,β-unsaturated/α-hetero) is 1. The van der Waals surface area contributed by atoms with Crippen LogP contribution in [-0.2, 0) is 12.7 Å². The van der Waals surface area contributed by atoms with Crippen LogP contribution in [0.4, 0.5) is 23.7 Å². The van der Waals surface area contributed by atoms with Crippen molar-refractivity contribution in [1.82, 2.24) is 19.6 Å². The highest BCUT2D eigenvalue weighted by atomic mass is 19.4. The number of amides is 1. The first-order valence-electron chi connectivity index (χ1n) is 11.6. The van der Waals surface area contributed by atoms with Crippen LogP contribution in [0.15, 0.2) is 30.5 Å². The number of hydrogen-bond acceptors (Lipinski definition) is 5. The number of carbonyl (C=O) groups is 2. The second-order valence-corrected chi connectivity index (χ2v) is 9.27. The predicted octanol–water partition coefficient (Wildman–Crippen LogP) is 4.27. The fourth-order valence-corrected chi connectivity index (χ4v) is 4.89. The van der Waals surface area contributed by atoms with Crippen LogP contribution < -0.4 is 4.90 Å². The molecule has 34 heavy (non-hydrogen) atoms. The molecule has 2 aliphatic heterocycles. The molecule has 4 rings (SSSR count). The van der Waals surface area contributed by atoms with E-state index in [0.717, 1.165) is 24.5 Å². The molecule has 0 spiro atoms. The first-order chi connectivity index (χ1) is 16.0. The van der Waals surface area contributed by atoms with E-state index in [2.05, 4.69) is 28.7 Å². The molecule has 3 heterocycles. The third-order valence-electron chi connectivity index (χ3n) is 6.83. The molecule has 2 aromatic rings. The molecule has 1 aromatic heterocycles. The van der Waals surface area contributed by atoms with Crippen molar-refractivity contribution < 1.29 is 22.8 Å². The standard InChI is InChI=1S/C24H30F3N5O2/c1-16-4-5-17(2)32(16)22-14-20(24(25,26)27)7-6-19(22)15-29-10-12-30(13-11-29)23(34)31-9-8-21(28-31)18(3)33/h6-9,14,16-17H,4-5,10-13,15H2,1-3H3/t16-,17+. The Balaban J connectivity index is 1.47. The van der Waals surface area contributed by atoms with E-state index in [9.17, 15) is 22.8 Å². The largest absolute Gasteiger partial charge is 0.416 e. The molecule has 10 heteroatoms. The van der Waals surface area contributed by atoms with Crippen molar-refractivity contribution in [3.8, 4) is 0 Å². The quantitative estimate of drug-likeness (QED) is 0.616. The first-order valence-corrected chi connectivity index (χ1v) is 11.6. The van der Waals surface area contributed by atoms with Crippen LogP contribution in [0.1, 0.15) is 55.2 Å². The molecule has 0 saturated carbocycles. The second kappa shape index (κ2) is 9.40. The third-order valence-corrected chi connectivity index (χ3v) is 6.83. The number of anilines is 1. The maximum Gasteiger partial charge on any atom is 0.416 e. The lowest BCUT2D eigenvalue weighted by atomic mass is 10.0. The summed E-state index contributed by atoms with van der Waals surface area (Å²) in [5, 5.41) is 4.03. The maximum atomic E-state index is 13.5. The van der Waals surface area contributed by atoms with E-state index in [1.807, 2.05) is 0 Å². The molecule has 2 saturated heterocycles. The molecule has 2 fully saturated rings. The Morgan fingerprint density at radius 3 is 2.24 bits per heavy atom. The summed E-state index contributed by atoms with van der Waals surface area (Å²) in [6.07, 6.45) is -0.995. The van der Waals surface area contributed by atoms with Crippen molar-refractivity contribution in [1.29, 1.82) is 0 Å². The number of carbonyl (C=O) groups excluding carboxylic acids is 2. The van der Waals surface area contributed by atoms with Crippen molar-refractivity contribution in [2.24, 2.45) is 0 Å². The van der Waals surface area contributed by atoms with E-state index in [-0.39, 0.29) is 29.6 Å². The van der Waals surface area contributed by atoms with E-state index in [0.29, 0.717) is 38.4 Å². The zero-order valence-corrected chi connectivity index (χ0v) is 19.7. The molecule has 0 radical (unpaired) electrons. The van der Waals surface area contributed by atoms with Crippen LogP contribution in [0, 0.1) is 0 Å². The van der Waals surface area contributed by atoms with Gasteiger partial charge < -0.3 is 9.80 Å². The van der Waals surface area contributed by atoms with Crippen LogP contribution >= 0.6 is 0 Å². The number of benzene rings is 1. The summed E-state index contributed by atoms with van der Waals surface area (Å²) in [6.45, 7) is 8.17. The van der Waals surface area contributed by atoms with Gasteiger partial charge in [-0.05, 0) is 50.5 Å². The SMILES string of the molecule is CC(=O)c1ccn(C(=O)N2CCN(Cc3ccc(C(F)(F)F)cc3N3[C@H](C)CC[C@@H]3C)CC2)n1. The summed E-state index contributed by atoms with van der Waals surface area (Å²) in [4.78, 5) is 30.1. The minimum Gasteiger partial charge on any atom is -0.366 e. The number of alkyl halides is 3. The zero-order valence-electron chi connectivity index (χ0n) is 19.7. The number of hydrogen-bond donors (Lipinski definition) is 0. The minimum atomic E-state index is -4.39. The first kappa shape index (κ1) is 24.3. The van der Waals surface area contributed by atoms with Gasteiger partial charge in [0.05, 0.1) is 5.56 Å². The Hall–Kier alpha value is -2.88. The van der Waals surface area contributed by atoms with Crippen LogP contribution in [0.25, 0.3) is 0 Å². The average Bonchev–Trinajstić information content (AvgIpc) is 3.41. The van der Waals surface area contributed by atoms with Crippen LogP contribution in [-0.4, -0.2) is 69.7 Å². The molecule has 0 N–H and O–H groups in total. The Kier molecular flexibility index (Phi) is 6.71. The Labute approximate surface area is 197 Å². The van der Waals surface area contributed by atoms with Crippen molar-refractivity contribution in [2.45, 2.75) is 58.4 Å². The highest BCUT2D eigenvalue weighted by molar-refractivity contribution is 5.92. The summed E-state index contributed by atoms with van der Waals surface area (Å²) in [6, 6.07) is 5.64. The number of rotatable bonds is 4. The number of aromatic nitrogens is 2. The predicted molar refractivity (Wildman–Crippen MR) is 122 cm³/mol. The number of nitrogens with zero attached hydrogens (tertiary/aromatic N) is 5. The van der Waals surface area contributed by atoms with Gasteiger partial charge in [-0.2, -0.15) is 23.0 Å². The van der Waals surface area contributed by atoms with Crippen molar-refractivity contribution in [2.75, 3.05) is 31.1 Å². The molecule has 1 aromatic carbocycles. The Bertz CT molecular complexity index is 1050. The molecule has 0 bridgehead atoms. The second-order valence-electron chi connectivity index (χ2n) is 9.27. The third kappa shape index (κ3) is 4.96. The fraction of sp³-hybridized carbons (Fsp3) is 0.542. The Morgan fingerprint density at radius 2 is 1.68 bits per heavy atom. The average molecular weight is 478 g/mol. The molecule has 2 atom stereocenters. The monoisotopic (exact) mass is 477 g/mol. The summed E-state index contributed by atoms with van der Waals surface area (Å²) in [7, 11) is 0. The van der Waals surface area contributed by atoms with Gasteiger partial charge in [-0.3, -0.25) is 9.69 Å². The van der Waals surface area contributed by atoms with Crippen molar-refractivity contribution in [3.63, 3.8) is 0 Å². The summed E-state index contributed by atoms with van der Waals surface area (Å²) in [5.41, 5.74) is 1.13. The molecule has 0 unspecified atom stereocenters. The molecule has 2 aliphatic rings. The Morgan fingerprint density at radius 1 is 1.03 bits per heavy atom. The highest BCUT2D eigenvalue weighted by Gasteiger charge is 2.35. The van der Waals surface area contributed by atoms with Gasteiger partial charge in [0.25, 0.3) is 0 Å². The summed E-state index contributed by atoms with van der Waals surface area (Å²) >= 11 is 0. The minimum absolute atomic E-state index is 0.181. The fourth-order valence-electron chi connectivity index (χ4n) is 4.89. The lowest BCUT2D eigenvalue weighted by Crippen LogP contribution is -2.49. The summed E-state index contributed by atoms with van der Waals surface area (Å²) < 4.78 is 41.5. The van der Waals surface area contributed by atoms with Gasteiger partial charge in [-0.15, -0.1) is 0 Å². The van der Waals surface area contributed by atoms with Gasteiger partial charge in [0, 0.05) is 63.6 Å². The number of piperazine rings is 1. The molecule has 1 amide bonds. The molecule has 184 valence electrons. The lowest BCUT2D eigenvalue weighted by Gasteiger charge is -2.36. The van der Waals surface area contributed by atoms with E-state index in [1.54, 1.807) is 11.0 Å². The zero-order chi connectivity index (χ0) is 24.6. The van der Waals surface area contributed by atoms with Crippen LogP contribution in [0.3, 0.4) is 0 Å². The van der Waals surface area contributed by atoms with Gasteiger partial charge in [0.15, 0.2) is 5.78 Å².